The Morgan fingerprint density at radius 2 is 1.83 bits per heavy atom. The van der Waals surface area contributed by atoms with Crippen LogP contribution in [0.4, 0.5) is 0 Å². The van der Waals surface area contributed by atoms with Crippen LogP contribution in [0.15, 0.2) is 59.1 Å². The maximum atomic E-state index is 5.66. The second-order valence-electron chi connectivity index (χ2n) is 4.07. The van der Waals surface area contributed by atoms with Gasteiger partial charge in [-0.3, -0.25) is 0 Å². The lowest BCUT2D eigenvalue weighted by Gasteiger charge is -2.06. The first-order valence-electron chi connectivity index (χ1n) is 6.08. The minimum atomic E-state index is 0.725. The molecule has 0 radical (unpaired) electrons. The predicted octanol–water partition coefficient (Wildman–Crippen LogP) is 2.59. The molecule has 2 rings (SSSR count). The molecule has 3 heteroatoms. The van der Waals surface area contributed by atoms with Crippen molar-refractivity contribution >= 4 is 15.9 Å². The van der Waals surface area contributed by atoms with Gasteiger partial charge in [0.05, 0.1) is 0 Å². The molecule has 0 heterocycles. The van der Waals surface area contributed by atoms with Crippen LogP contribution in [0, 0.1) is 0 Å². The van der Waals surface area contributed by atoms with Crippen LogP contribution in [0.25, 0.3) is 0 Å². The molecular formula is C15H17BrNO+. The second-order valence-corrected chi connectivity index (χ2v) is 4.99. The Hall–Kier alpha value is -1.32. The van der Waals surface area contributed by atoms with E-state index in [1.807, 2.05) is 30.3 Å². The number of benzene rings is 2. The van der Waals surface area contributed by atoms with E-state index in [2.05, 4.69) is 45.5 Å². The van der Waals surface area contributed by atoms with Crippen molar-refractivity contribution in [3.63, 3.8) is 0 Å². The zero-order valence-electron chi connectivity index (χ0n) is 10.2. The highest BCUT2D eigenvalue weighted by Gasteiger charge is 1.97. The topological polar surface area (TPSA) is 25.8 Å². The minimum absolute atomic E-state index is 0.725. The van der Waals surface area contributed by atoms with E-state index in [1.54, 1.807) is 0 Å². The Morgan fingerprint density at radius 3 is 2.61 bits per heavy atom. The van der Waals surface area contributed by atoms with E-state index in [1.165, 1.54) is 5.56 Å². The van der Waals surface area contributed by atoms with Gasteiger partial charge >= 0.3 is 0 Å². The lowest BCUT2D eigenvalue weighted by atomic mass is 10.2. The Bertz CT molecular complexity index is 473. The first-order valence-corrected chi connectivity index (χ1v) is 6.88. The van der Waals surface area contributed by atoms with Crippen molar-refractivity contribution < 1.29 is 10.1 Å². The standard InChI is InChI=1S/C15H16BrNO/c16-14-7-4-8-15(11-14)18-10-9-17-12-13-5-2-1-3-6-13/h1-8,11,17H,9-10,12H2/p+1. The van der Waals surface area contributed by atoms with Crippen molar-refractivity contribution in [1.82, 2.24) is 0 Å². The molecular weight excluding hydrogens is 290 g/mol. The van der Waals surface area contributed by atoms with E-state index in [4.69, 9.17) is 4.74 Å². The van der Waals surface area contributed by atoms with Gasteiger partial charge < -0.3 is 10.1 Å². The van der Waals surface area contributed by atoms with Crippen LogP contribution < -0.4 is 10.1 Å². The van der Waals surface area contributed by atoms with Crippen LogP contribution >= 0.6 is 15.9 Å². The molecule has 0 fully saturated rings. The zero-order valence-corrected chi connectivity index (χ0v) is 11.8. The highest BCUT2D eigenvalue weighted by atomic mass is 79.9. The van der Waals surface area contributed by atoms with E-state index >= 15 is 0 Å². The molecule has 0 aliphatic carbocycles. The van der Waals surface area contributed by atoms with Crippen LogP contribution in [-0.4, -0.2) is 13.2 Å². The van der Waals surface area contributed by atoms with Gasteiger partial charge in [0.15, 0.2) is 0 Å². The van der Waals surface area contributed by atoms with E-state index in [0.717, 1.165) is 29.9 Å². The molecule has 2 nitrogen and oxygen atoms in total. The summed E-state index contributed by atoms with van der Waals surface area (Å²) in [7, 11) is 0. The Kier molecular flexibility index (Phi) is 5.24. The first-order chi connectivity index (χ1) is 8.84. The molecule has 0 aliphatic heterocycles. The van der Waals surface area contributed by atoms with E-state index in [0.29, 0.717) is 0 Å². The molecule has 0 aliphatic rings. The van der Waals surface area contributed by atoms with Crippen molar-refractivity contribution in [2.45, 2.75) is 6.54 Å². The second kappa shape index (κ2) is 7.19. The molecule has 0 atom stereocenters. The number of quaternary nitrogens is 1. The van der Waals surface area contributed by atoms with Crippen LogP contribution in [0.5, 0.6) is 5.75 Å². The van der Waals surface area contributed by atoms with Crippen LogP contribution in [0.1, 0.15) is 5.56 Å². The Morgan fingerprint density at radius 1 is 1.00 bits per heavy atom. The fourth-order valence-corrected chi connectivity index (χ4v) is 2.08. The molecule has 2 aromatic carbocycles. The minimum Gasteiger partial charge on any atom is -0.488 e. The van der Waals surface area contributed by atoms with Crippen molar-refractivity contribution in [1.29, 1.82) is 0 Å². The van der Waals surface area contributed by atoms with Gasteiger partial charge in [0.1, 0.15) is 25.4 Å². The quantitative estimate of drug-likeness (QED) is 0.816. The third-order valence-electron chi connectivity index (χ3n) is 2.61. The summed E-state index contributed by atoms with van der Waals surface area (Å²) in [6.07, 6.45) is 0. The lowest BCUT2D eigenvalue weighted by Crippen LogP contribution is -2.83. The molecule has 2 aromatic rings. The number of hydrogen-bond acceptors (Lipinski definition) is 1. The van der Waals surface area contributed by atoms with Crippen LogP contribution in [0.2, 0.25) is 0 Å². The fraction of sp³-hybridized carbons (Fsp3) is 0.200. The van der Waals surface area contributed by atoms with Gasteiger partial charge in [0, 0.05) is 10.0 Å². The zero-order chi connectivity index (χ0) is 12.6. The summed E-state index contributed by atoms with van der Waals surface area (Å²) in [5, 5.41) is 2.26. The third kappa shape index (κ3) is 4.51. The SMILES string of the molecule is Brc1cccc(OCC[NH2+]Cc2ccccc2)c1. The summed E-state index contributed by atoms with van der Waals surface area (Å²) >= 11 is 3.43. The number of hydrogen-bond donors (Lipinski definition) is 1. The van der Waals surface area contributed by atoms with Gasteiger partial charge in [-0.1, -0.05) is 52.3 Å². The Labute approximate surface area is 116 Å². The molecule has 94 valence electrons. The maximum Gasteiger partial charge on any atom is 0.137 e. The van der Waals surface area contributed by atoms with Gasteiger partial charge in [0.25, 0.3) is 0 Å². The molecule has 0 saturated carbocycles. The highest BCUT2D eigenvalue weighted by Crippen LogP contribution is 2.17. The van der Waals surface area contributed by atoms with E-state index in [9.17, 15) is 0 Å². The highest BCUT2D eigenvalue weighted by molar-refractivity contribution is 9.10. The van der Waals surface area contributed by atoms with Gasteiger partial charge in [-0.05, 0) is 18.2 Å². The fourth-order valence-electron chi connectivity index (χ4n) is 1.70. The van der Waals surface area contributed by atoms with Gasteiger partial charge in [-0.15, -0.1) is 0 Å². The monoisotopic (exact) mass is 306 g/mol. The van der Waals surface area contributed by atoms with Crippen molar-refractivity contribution in [3.05, 3.63) is 64.6 Å². The molecule has 0 bridgehead atoms. The van der Waals surface area contributed by atoms with E-state index < -0.39 is 0 Å². The molecule has 0 unspecified atom stereocenters. The number of ether oxygens (including phenoxy) is 1. The van der Waals surface area contributed by atoms with Gasteiger partial charge in [-0.2, -0.15) is 0 Å². The normalized spacial score (nSPS) is 10.3. The van der Waals surface area contributed by atoms with Crippen molar-refractivity contribution in [2.24, 2.45) is 0 Å². The van der Waals surface area contributed by atoms with Crippen LogP contribution in [0.3, 0.4) is 0 Å². The summed E-state index contributed by atoms with van der Waals surface area (Å²) in [6.45, 7) is 2.69. The summed E-state index contributed by atoms with van der Waals surface area (Å²) < 4.78 is 6.71. The molecule has 2 N–H and O–H groups in total. The predicted molar refractivity (Wildman–Crippen MR) is 76.6 cm³/mol. The summed E-state index contributed by atoms with van der Waals surface area (Å²) in [6, 6.07) is 18.4. The lowest BCUT2D eigenvalue weighted by molar-refractivity contribution is -0.671. The maximum absolute atomic E-state index is 5.66. The molecule has 18 heavy (non-hydrogen) atoms. The smallest absolute Gasteiger partial charge is 0.137 e. The van der Waals surface area contributed by atoms with Gasteiger partial charge in [-0.25, -0.2) is 0 Å². The molecule has 0 amide bonds. The van der Waals surface area contributed by atoms with Crippen molar-refractivity contribution in [3.8, 4) is 5.75 Å². The van der Waals surface area contributed by atoms with Crippen LogP contribution in [-0.2, 0) is 6.54 Å². The van der Waals surface area contributed by atoms with E-state index in [-0.39, 0.29) is 0 Å². The molecule has 0 spiro atoms. The number of nitrogens with two attached hydrogens (primary N) is 1. The number of rotatable bonds is 6. The van der Waals surface area contributed by atoms with Gasteiger partial charge in [0.2, 0.25) is 0 Å². The third-order valence-corrected chi connectivity index (χ3v) is 3.10. The average molecular weight is 307 g/mol. The molecule has 0 aromatic heterocycles. The largest absolute Gasteiger partial charge is 0.488 e. The molecule has 0 saturated heterocycles. The average Bonchev–Trinajstić information content (AvgIpc) is 2.40. The summed E-state index contributed by atoms with van der Waals surface area (Å²) in [4.78, 5) is 0. The van der Waals surface area contributed by atoms with Crippen molar-refractivity contribution in [2.75, 3.05) is 13.2 Å². The Balaban J connectivity index is 1.65. The summed E-state index contributed by atoms with van der Waals surface area (Å²) in [5.74, 6) is 0.914. The number of halogens is 1. The first kappa shape index (κ1) is 13.1. The summed E-state index contributed by atoms with van der Waals surface area (Å²) in [5.41, 5.74) is 1.35.